The van der Waals surface area contributed by atoms with E-state index in [1.54, 1.807) is 6.08 Å². The van der Waals surface area contributed by atoms with E-state index in [9.17, 15) is 0 Å². The number of ether oxygens (including phenoxy) is 2. The Morgan fingerprint density at radius 1 is 1.36 bits per heavy atom. The summed E-state index contributed by atoms with van der Waals surface area (Å²) >= 11 is 0. The Morgan fingerprint density at radius 3 is 2.71 bits per heavy atom. The fraction of sp³-hybridized carbons (Fsp3) is 0.333. The first kappa shape index (κ1) is 12.7. The second kappa shape index (κ2) is 9.79. The van der Waals surface area contributed by atoms with Crippen LogP contribution in [-0.2, 0) is 9.47 Å². The molecule has 0 saturated carbocycles. The van der Waals surface area contributed by atoms with E-state index in [1.807, 2.05) is 12.2 Å². The van der Waals surface area contributed by atoms with Crippen molar-refractivity contribution >= 4 is 0 Å². The van der Waals surface area contributed by atoms with Crippen LogP contribution in [0.1, 0.15) is 0 Å². The van der Waals surface area contributed by atoms with Gasteiger partial charge in [0.25, 0.3) is 0 Å². The number of hydrogen-bond donors (Lipinski definition) is 0. The van der Waals surface area contributed by atoms with Gasteiger partial charge in [0.1, 0.15) is 6.61 Å². The minimum absolute atomic E-state index is 0.334. The molecule has 2 nitrogen and oxygen atoms in total. The molecule has 0 aromatic rings. The molecule has 0 saturated heterocycles. The molecule has 14 heavy (non-hydrogen) atoms. The van der Waals surface area contributed by atoms with E-state index < -0.39 is 0 Å². The average Bonchev–Trinajstić information content (AvgIpc) is 2.20. The van der Waals surface area contributed by atoms with Gasteiger partial charge in [-0.25, -0.2) is 0 Å². The van der Waals surface area contributed by atoms with Crippen molar-refractivity contribution in [1.82, 2.24) is 0 Å². The van der Waals surface area contributed by atoms with E-state index in [1.165, 1.54) is 0 Å². The highest BCUT2D eigenvalue weighted by atomic mass is 16.5. The lowest BCUT2D eigenvalue weighted by atomic mass is 10.3. The smallest absolute Gasteiger partial charge is 0.107 e. The van der Waals surface area contributed by atoms with Gasteiger partial charge in [0.15, 0.2) is 0 Å². The normalized spacial score (nSPS) is 9.93. The molecule has 0 radical (unpaired) electrons. The number of rotatable bonds is 8. The van der Waals surface area contributed by atoms with E-state index in [0.717, 1.165) is 5.57 Å². The van der Waals surface area contributed by atoms with Gasteiger partial charge < -0.3 is 9.47 Å². The van der Waals surface area contributed by atoms with Crippen LogP contribution in [0.3, 0.4) is 0 Å². The van der Waals surface area contributed by atoms with E-state index in [4.69, 9.17) is 15.9 Å². The van der Waals surface area contributed by atoms with Gasteiger partial charge in [-0.2, -0.15) is 0 Å². The van der Waals surface area contributed by atoms with Crippen molar-refractivity contribution < 1.29 is 9.47 Å². The van der Waals surface area contributed by atoms with Crippen LogP contribution >= 0.6 is 0 Å². The number of hydrogen-bond acceptors (Lipinski definition) is 2. The standard InChI is InChI=1S/C12H16O2/c1-4-6-7-12(3)11-14-10-9-13-8-5-2/h2,4,6-7H,1,3,8-11H2/b7-6-. The summed E-state index contributed by atoms with van der Waals surface area (Å²) in [5.74, 6) is 2.38. The van der Waals surface area contributed by atoms with Gasteiger partial charge in [0, 0.05) is 0 Å². The third-order valence-corrected chi connectivity index (χ3v) is 1.31. The van der Waals surface area contributed by atoms with E-state index in [-0.39, 0.29) is 0 Å². The minimum Gasteiger partial charge on any atom is -0.374 e. The second-order valence-electron chi connectivity index (χ2n) is 2.56. The Morgan fingerprint density at radius 2 is 2.07 bits per heavy atom. The van der Waals surface area contributed by atoms with E-state index in [0.29, 0.717) is 26.4 Å². The molecule has 0 unspecified atom stereocenters. The molecule has 0 bridgehead atoms. The molecule has 0 fully saturated rings. The largest absolute Gasteiger partial charge is 0.374 e. The highest BCUT2D eigenvalue weighted by Gasteiger charge is 1.89. The van der Waals surface area contributed by atoms with Crippen LogP contribution in [-0.4, -0.2) is 26.4 Å². The van der Waals surface area contributed by atoms with Gasteiger partial charge >= 0.3 is 0 Å². The predicted molar refractivity (Wildman–Crippen MR) is 58.9 cm³/mol. The maximum absolute atomic E-state index is 5.26. The lowest BCUT2D eigenvalue weighted by Crippen LogP contribution is -2.05. The number of allylic oxidation sites excluding steroid dienone is 2. The molecule has 2 heteroatoms. The summed E-state index contributed by atoms with van der Waals surface area (Å²) in [4.78, 5) is 0. The summed E-state index contributed by atoms with van der Waals surface area (Å²) < 4.78 is 10.3. The summed E-state index contributed by atoms with van der Waals surface area (Å²) in [7, 11) is 0. The van der Waals surface area contributed by atoms with Crippen LogP contribution in [0.2, 0.25) is 0 Å². The fourth-order valence-corrected chi connectivity index (χ4v) is 0.704. The van der Waals surface area contributed by atoms with Crippen molar-refractivity contribution in [3.05, 3.63) is 37.0 Å². The molecule has 0 aromatic carbocycles. The highest BCUT2D eigenvalue weighted by Crippen LogP contribution is 1.94. The van der Waals surface area contributed by atoms with Crippen LogP contribution in [0.25, 0.3) is 0 Å². The Balaban J connectivity index is 3.28. The molecule has 0 aliphatic rings. The zero-order valence-electron chi connectivity index (χ0n) is 8.37. The van der Waals surface area contributed by atoms with Crippen LogP contribution in [0.15, 0.2) is 37.0 Å². The molecule has 0 atom stereocenters. The molecular weight excluding hydrogens is 176 g/mol. The molecule has 0 rings (SSSR count). The molecule has 0 aliphatic carbocycles. The van der Waals surface area contributed by atoms with E-state index >= 15 is 0 Å². The average molecular weight is 192 g/mol. The van der Waals surface area contributed by atoms with E-state index in [2.05, 4.69) is 19.1 Å². The van der Waals surface area contributed by atoms with Crippen molar-refractivity contribution in [3.8, 4) is 12.3 Å². The third-order valence-electron chi connectivity index (χ3n) is 1.31. The summed E-state index contributed by atoms with van der Waals surface area (Å²) in [6.07, 6.45) is 10.4. The molecule has 0 aliphatic heterocycles. The summed E-state index contributed by atoms with van der Waals surface area (Å²) in [6, 6.07) is 0. The molecule has 0 aromatic heterocycles. The van der Waals surface area contributed by atoms with Gasteiger partial charge in [-0.05, 0) is 5.57 Å². The first-order valence-corrected chi connectivity index (χ1v) is 4.37. The van der Waals surface area contributed by atoms with Gasteiger partial charge in [-0.3, -0.25) is 0 Å². The highest BCUT2D eigenvalue weighted by molar-refractivity contribution is 5.18. The zero-order chi connectivity index (χ0) is 10.6. The van der Waals surface area contributed by atoms with Gasteiger partial charge in [-0.1, -0.05) is 37.3 Å². The first-order valence-electron chi connectivity index (χ1n) is 4.37. The fourth-order valence-electron chi connectivity index (χ4n) is 0.704. The molecule has 0 N–H and O–H groups in total. The van der Waals surface area contributed by atoms with Crippen molar-refractivity contribution in [2.45, 2.75) is 0 Å². The van der Waals surface area contributed by atoms with Gasteiger partial charge in [0.2, 0.25) is 0 Å². The molecule has 0 spiro atoms. The summed E-state index contributed by atoms with van der Waals surface area (Å²) in [6.45, 7) is 9.23. The Bertz CT molecular complexity index is 233. The Hall–Kier alpha value is -1.30. The van der Waals surface area contributed by atoms with Crippen molar-refractivity contribution in [1.29, 1.82) is 0 Å². The minimum atomic E-state index is 0.334. The predicted octanol–water partition coefficient (Wildman–Crippen LogP) is 1.95. The lowest BCUT2D eigenvalue weighted by Gasteiger charge is -2.03. The SMILES string of the molecule is C#CCOCCOCC(=C)/C=C\C=C. The molecule has 0 amide bonds. The van der Waals surface area contributed by atoms with Gasteiger partial charge in [-0.15, -0.1) is 6.42 Å². The van der Waals surface area contributed by atoms with Crippen LogP contribution in [0.4, 0.5) is 0 Å². The molecular formula is C12H16O2. The zero-order valence-corrected chi connectivity index (χ0v) is 8.37. The third kappa shape index (κ3) is 8.79. The summed E-state index contributed by atoms with van der Waals surface area (Å²) in [5.41, 5.74) is 0.904. The maximum Gasteiger partial charge on any atom is 0.107 e. The second-order valence-corrected chi connectivity index (χ2v) is 2.56. The number of terminal acetylenes is 1. The summed E-state index contributed by atoms with van der Waals surface area (Å²) in [5, 5.41) is 0. The topological polar surface area (TPSA) is 18.5 Å². The molecule has 76 valence electrons. The first-order chi connectivity index (χ1) is 6.81. The van der Waals surface area contributed by atoms with Gasteiger partial charge in [0.05, 0.1) is 19.8 Å². The van der Waals surface area contributed by atoms with Crippen molar-refractivity contribution in [2.24, 2.45) is 0 Å². The quantitative estimate of drug-likeness (QED) is 0.332. The van der Waals surface area contributed by atoms with Crippen molar-refractivity contribution in [3.63, 3.8) is 0 Å². The Labute approximate surface area is 85.9 Å². The molecule has 0 heterocycles. The lowest BCUT2D eigenvalue weighted by molar-refractivity contribution is 0.0711. The monoisotopic (exact) mass is 192 g/mol. The maximum atomic E-state index is 5.26. The van der Waals surface area contributed by atoms with Crippen molar-refractivity contribution in [2.75, 3.05) is 26.4 Å². The van der Waals surface area contributed by atoms with Crippen LogP contribution < -0.4 is 0 Å². The Kier molecular flexibility index (Phi) is 8.88. The van der Waals surface area contributed by atoms with Crippen LogP contribution in [0, 0.1) is 12.3 Å². The van der Waals surface area contributed by atoms with Crippen LogP contribution in [0.5, 0.6) is 0 Å².